The van der Waals surface area contributed by atoms with Crippen LogP contribution in [0, 0.1) is 0 Å². The molecule has 1 saturated heterocycles. The quantitative estimate of drug-likeness (QED) is 0.812. The standard InChI is InChI=1S/C15H22N6O/c1-19(2)14-5-3-13(4-6-14)15-16-18-21(17-15)8-7-20-9-11-22-12-10-20/h3-6H,7-12H2,1-2H3. The Bertz CT molecular complexity index is 588. The molecule has 0 atom stereocenters. The maximum Gasteiger partial charge on any atom is 0.204 e. The Labute approximate surface area is 130 Å². The first-order valence-corrected chi connectivity index (χ1v) is 7.58. The van der Waals surface area contributed by atoms with Gasteiger partial charge >= 0.3 is 0 Å². The number of anilines is 1. The number of benzene rings is 1. The number of hydrogen-bond donors (Lipinski definition) is 0. The van der Waals surface area contributed by atoms with Gasteiger partial charge in [-0.3, -0.25) is 4.90 Å². The van der Waals surface area contributed by atoms with Gasteiger partial charge in [0.25, 0.3) is 0 Å². The number of hydrogen-bond acceptors (Lipinski definition) is 6. The molecule has 0 radical (unpaired) electrons. The van der Waals surface area contributed by atoms with E-state index in [0.717, 1.165) is 50.6 Å². The SMILES string of the molecule is CN(C)c1ccc(-c2nnn(CCN3CCOCC3)n2)cc1. The minimum atomic E-state index is 0.673. The molecule has 0 unspecified atom stereocenters. The van der Waals surface area contributed by atoms with Crippen LogP contribution in [-0.2, 0) is 11.3 Å². The molecule has 1 aliphatic rings. The summed E-state index contributed by atoms with van der Waals surface area (Å²) in [7, 11) is 4.05. The highest BCUT2D eigenvalue weighted by Crippen LogP contribution is 2.18. The van der Waals surface area contributed by atoms with Crippen LogP contribution in [0.25, 0.3) is 11.4 Å². The third-order valence-corrected chi connectivity index (χ3v) is 3.81. The predicted octanol–water partition coefficient (Wildman–Crippen LogP) is 0.738. The highest BCUT2D eigenvalue weighted by molar-refractivity contribution is 5.59. The molecule has 22 heavy (non-hydrogen) atoms. The average Bonchev–Trinajstić information content (AvgIpc) is 3.03. The van der Waals surface area contributed by atoms with Crippen molar-refractivity contribution in [2.45, 2.75) is 6.54 Å². The Balaban J connectivity index is 1.60. The van der Waals surface area contributed by atoms with Gasteiger partial charge in [0.05, 0.1) is 19.8 Å². The lowest BCUT2D eigenvalue weighted by molar-refractivity contribution is 0.0354. The lowest BCUT2D eigenvalue weighted by Crippen LogP contribution is -2.38. The molecule has 0 saturated carbocycles. The average molecular weight is 302 g/mol. The molecular formula is C15H22N6O. The third-order valence-electron chi connectivity index (χ3n) is 3.81. The fraction of sp³-hybridized carbons (Fsp3) is 0.533. The Hall–Kier alpha value is -1.99. The summed E-state index contributed by atoms with van der Waals surface area (Å²) in [6, 6.07) is 8.17. The first-order chi connectivity index (χ1) is 10.7. The molecular weight excluding hydrogens is 280 g/mol. The number of morpholine rings is 1. The molecule has 2 heterocycles. The van der Waals surface area contributed by atoms with Gasteiger partial charge in [-0.1, -0.05) is 0 Å². The molecule has 0 amide bonds. The maximum atomic E-state index is 5.34. The van der Waals surface area contributed by atoms with Crippen molar-refractivity contribution in [1.82, 2.24) is 25.1 Å². The summed E-state index contributed by atoms with van der Waals surface area (Å²) < 4.78 is 5.34. The number of ether oxygens (including phenoxy) is 1. The van der Waals surface area contributed by atoms with E-state index in [4.69, 9.17) is 4.74 Å². The minimum Gasteiger partial charge on any atom is -0.379 e. The zero-order valence-corrected chi connectivity index (χ0v) is 13.1. The smallest absolute Gasteiger partial charge is 0.204 e. The number of rotatable bonds is 5. The van der Waals surface area contributed by atoms with Gasteiger partial charge in [-0.2, -0.15) is 4.80 Å². The van der Waals surface area contributed by atoms with Crippen molar-refractivity contribution in [3.05, 3.63) is 24.3 Å². The molecule has 1 aliphatic heterocycles. The fourth-order valence-electron chi connectivity index (χ4n) is 2.42. The molecule has 1 aromatic heterocycles. The highest BCUT2D eigenvalue weighted by Gasteiger charge is 2.11. The van der Waals surface area contributed by atoms with E-state index in [9.17, 15) is 0 Å². The van der Waals surface area contributed by atoms with Crippen molar-refractivity contribution < 1.29 is 4.74 Å². The van der Waals surface area contributed by atoms with Crippen LogP contribution in [-0.4, -0.2) is 72.1 Å². The zero-order chi connectivity index (χ0) is 15.4. The van der Waals surface area contributed by atoms with E-state index in [1.54, 1.807) is 4.80 Å². The molecule has 118 valence electrons. The zero-order valence-electron chi connectivity index (χ0n) is 13.1. The van der Waals surface area contributed by atoms with Gasteiger partial charge in [-0.15, -0.1) is 10.2 Å². The molecule has 1 aromatic carbocycles. The second-order valence-corrected chi connectivity index (χ2v) is 5.60. The Morgan fingerprint density at radius 2 is 1.82 bits per heavy atom. The lowest BCUT2D eigenvalue weighted by atomic mass is 10.2. The van der Waals surface area contributed by atoms with Crippen LogP contribution in [0.1, 0.15) is 0 Å². The third kappa shape index (κ3) is 3.61. The summed E-state index contributed by atoms with van der Waals surface area (Å²) in [5.74, 6) is 0.673. The monoisotopic (exact) mass is 302 g/mol. The van der Waals surface area contributed by atoms with E-state index < -0.39 is 0 Å². The normalized spacial score (nSPS) is 15.9. The largest absolute Gasteiger partial charge is 0.379 e. The van der Waals surface area contributed by atoms with Gasteiger partial charge in [0.15, 0.2) is 0 Å². The second-order valence-electron chi connectivity index (χ2n) is 5.60. The van der Waals surface area contributed by atoms with Crippen LogP contribution >= 0.6 is 0 Å². The first-order valence-electron chi connectivity index (χ1n) is 7.58. The van der Waals surface area contributed by atoms with Crippen LogP contribution in [0.3, 0.4) is 0 Å². The van der Waals surface area contributed by atoms with Gasteiger partial charge in [-0.25, -0.2) is 0 Å². The molecule has 2 aromatic rings. The molecule has 0 bridgehead atoms. The fourth-order valence-corrected chi connectivity index (χ4v) is 2.42. The van der Waals surface area contributed by atoms with Gasteiger partial charge in [0, 0.05) is 45.0 Å². The molecule has 0 spiro atoms. The molecule has 0 aliphatic carbocycles. The Morgan fingerprint density at radius 1 is 1.09 bits per heavy atom. The van der Waals surface area contributed by atoms with Crippen molar-refractivity contribution in [2.75, 3.05) is 51.8 Å². The highest BCUT2D eigenvalue weighted by atomic mass is 16.5. The molecule has 7 nitrogen and oxygen atoms in total. The van der Waals surface area contributed by atoms with Crippen molar-refractivity contribution in [2.24, 2.45) is 0 Å². The van der Waals surface area contributed by atoms with E-state index in [1.165, 1.54) is 0 Å². The van der Waals surface area contributed by atoms with Crippen LogP contribution in [0.2, 0.25) is 0 Å². The summed E-state index contributed by atoms with van der Waals surface area (Å²) in [6.07, 6.45) is 0. The van der Waals surface area contributed by atoms with Crippen LogP contribution < -0.4 is 4.90 Å². The van der Waals surface area contributed by atoms with E-state index in [2.05, 4.69) is 37.3 Å². The molecule has 0 N–H and O–H groups in total. The lowest BCUT2D eigenvalue weighted by Gasteiger charge is -2.25. The van der Waals surface area contributed by atoms with Gasteiger partial charge in [0.2, 0.25) is 5.82 Å². The van der Waals surface area contributed by atoms with Crippen LogP contribution in [0.5, 0.6) is 0 Å². The van der Waals surface area contributed by atoms with E-state index in [1.807, 2.05) is 26.2 Å². The van der Waals surface area contributed by atoms with Crippen LogP contribution in [0.4, 0.5) is 5.69 Å². The summed E-state index contributed by atoms with van der Waals surface area (Å²) in [5, 5.41) is 12.8. The van der Waals surface area contributed by atoms with Crippen molar-refractivity contribution >= 4 is 5.69 Å². The minimum absolute atomic E-state index is 0.673. The predicted molar refractivity (Wildman–Crippen MR) is 84.8 cm³/mol. The summed E-state index contributed by atoms with van der Waals surface area (Å²) in [6.45, 7) is 5.27. The van der Waals surface area contributed by atoms with E-state index in [0.29, 0.717) is 5.82 Å². The molecule has 7 heteroatoms. The topological polar surface area (TPSA) is 59.3 Å². The van der Waals surface area contributed by atoms with E-state index >= 15 is 0 Å². The van der Waals surface area contributed by atoms with Gasteiger partial charge < -0.3 is 9.64 Å². The van der Waals surface area contributed by atoms with Crippen molar-refractivity contribution in [3.63, 3.8) is 0 Å². The summed E-state index contributed by atoms with van der Waals surface area (Å²) in [5.41, 5.74) is 2.15. The molecule has 1 fully saturated rings. The van der Waals surface area contributed by atoms with Gasteiger partial charge in [0.1, 0.15) is 0 Å². The van der Waals surface area contributed by atoms with E-state index in [-0.39, 0.29) is 0 Å². The number of tetrazole rings is 1. The Kier molecular flexibility index (Phi) is 4.65. The van der Waals surface area contributed by atoms with Crippen LogP contribution in [0.15, 0.2) is 24.3 Å². The number of nitrogens with zero attached hydrogens (tertiary/aromatic N) is 6. The van der Waals surface area contributed by atoms with Crippen molar-refractivity contribution in [3.8, 4) is 11.4 Å². The van der Waals surface area contributed by atoms with Gasteiger partial charge in [-0.05, 0) is 29.5 Å². The Morgan fingerprint density at radius 3 is 2.50 bits per heavy atom. The summed E-state index contributed by atoms with van der Waals surface area (Å²) >= 11 is 0. The van der Waals surface area contributed by atoms with Crippen molar-refractivity contribution in [1.29, 1.82) is 0 Å². The number of aromatic nitrogens is 4. The maximum absolute atomic E-state index is 5.34. The molecule has 3 rings (SSSR count). The summed E-state index contributed by atoms with van der Waals surface area (Å²) in [4.78, 5) is 6.10. The first kappa shape index (κ1) is 14.9. The second kappa shape index (κ2) is 6.85.